The highest BCUT2D eigenvalue weighted by Crippen LogP contribution is 2.32. The van der Waals surface area contributed by atoms with E-state index in [-0.39, 0.29) is 0 Å². The van der Waals surface area contributed by atoms with Gasteiger partial charge in [-0.2, -0.15) is 0 Å². The molecule has 0 amide bonds. The maximum absolute atomic E-state index is 6.36. The minimum absolute atomic E-state index is 0.474. The Balaban J connectivity index is 2.38. The minimum atomic E-state index is 0.474. The van der Waals surface area contributed by atoms with E-state index in [9.17, 15) is 0 Å². The van der Waals surface area contributed by atoms with Crippen LogP contribution in [0.1, 0.15) is 24.2 Å². The molecule has 0 saturated carbocycles. The summed E-state index contributed by atoms with van der Waals surface area (Å²) in [4.78, 5) is 0. The van der Waals surface area contributed by atoms with Crippen molar-refractivity contribution in [2.24, 2.45) is 0 Å². The van der Waals surface area contributed by atoms with Gasteiger partial charge in [0.25, 0.3) is 0 Å². The van der Waals surface area contributed by atoms with E-state index in [1.54, 1.807) is 0 Å². The van der Waals surface area contributed by atoms with Crippen molar-refractivity contribution in [3.8, 4) is 0 Å². The molecule has 0 saturated heterocycles. The van der Waals surface area contributed by atoms with E-state index in [0.29, 0.717) is 6.04 Å². The number of nitrogens with zero attached hydrogens (tertiary/aromatic N) is 1. The maximum atomic E-state index is 6.36. The molecule has 1 N–H and O–H groups in total. The quantitative estimate of drug-likeness (QED) is 0.741. The highest BCUT2D eigenvalue weighted by molar-refractivity contribution is 6.35. The highest BCUT2D eigenvalue weighted by atomic mass is 35.5. The zero-order valence-electron chi connectivity index (χ0n) is 9.55. The summed E-state index contributed by atoms with van der Waals surface area (Å²) in [5.74, 6) is 0. The summed E-state index contributed by atoms with van der Waals surface area (Å²) in [5.41, 5.74) is 3.75. The lowest BCUT2D eigenvalue weighted by Gasteiger charge is -2.25. The molecule has 2 heterocycles. The lowest BCUT2D eigenvalue weighted by Crippen LogP contribution is -2.30. The molecule has 0 radical (unpaired) electrons. The predicted molar refractivity (Wildman–Crippen MR) is 68.1 cm³/mol. The van der Waals surface area contributed by atoms with Crippen molar-refractivity contribution in [2.75, 3.05) is 6.54 Å². The summed E-state index contributed by atoms with van der Waals surface area (Å²) in [6.07, 6.45) is 0. The number of halogens is 1. The van der Waals surface area contributed by atoms with Crippen LogP contribution in [0.4, 0.5) is 0 Å². The number of hydrogen-bond acceptors (Lipinski definition) is 1. The maximum Gasteiger partial charge on any atom is 0.0675 e. The third-order valence-corrected chi connectivity index (χ3v) is 3.58. The second kappa shape index (κ2) is 3.51. The summed E-state index contributed by atoms with van der Waals surface area (Å²) in [6, 6.07) is 6.98. The highest BCUT2D eigenvalue weighted by Gasteiger charge is 2.19. The van der Waals surface area contributed by atoms with Gasteiger partial charge in [-0.1, -0.05) is 11.6 Å². The third kappa shape index (κ3) is 1.37. The van der Waals surface area contributed by atoms with Gasteiger partial charge in [-0.25, -0.2) is 0 Å². The van der Waals surface area contributed by atoms with Crippen LogP contribution >= 0.6 is 11.6 Å². The van der Waals surface area contributed by atoms with Crippen LogP contribution in [0.25, 0.3) is 10.9 Å². The van der Waals surface area contributed by atoms with Gasteiger partial charge in [0.05, 0.1) is 10.5 Å². The number of fused-ring (bicyclic) bond motifs is 3. The van der Waals surface area contributed by atoms with Crippen LogP contribution in [-0.4, -0.2) is 11.1 Å². The third-order valence-electron chi connectivity index (χ3n) is 3.30. The zero-order chi connectivity index (χ0) is 11.3. The van der Waals surface area contributed by atoms with Gasteiger partial charge in [-0.15, -0.1) is 0 Å². The largest absolute Gasteiger partial charge is 0.338 e. The molecule has 84 valence electrons. The van der Waals surface area contributed by atoms with Crippen molar-refractivity contribution in [1.29, 1.82) is 0 Å². The molecule has 0 unspecified atom stereocenters. The monoisotopic (exact) mass is 234 g/mol. The average Bonchev–Trinajstić information content (AvgIpc) is 2.56. The standard InChI is InChI=1S/C13H15ClN2/c1-8-3-10-5-11-7-15-6-9(2)16(11)13(10)12(14)4-8/h3-5,9,15H,6-7H2,1-2H3/t9-/m1/s1. The lowest BCUT2D eigenvalue weighted by atomic mass is 10.2. The molecule has 1 aromatic carbocycles. The summed E-state index contributed by atoms with van der Waals surface area (Å²) in [7, 11) is 0. The van der Waals surface area contributed by atoms with Gasteiger partial charge in [0.1, 0.15) is 0 Å². The first-order valence-electron chi connectivity index (χ1n) is 5.67. The number of aromatic nitrogens is 1. The Bertz CT molecular complexity index is 557. The average molecular weight is 235 g/mol. The number of hydrogen-bond donors (Lipinski definition) is 1. The first kappa shape index (κ1) is 10.2. The van der Waals surface area contributed by atoms with E-state index in [0.717, 1.165) is 18.1 Å². The second-order valence-electron chi connectivity index (χ2n) is 4.67. The lowest BCUT2D eigenvalue weighted by molar-refractivity contribution is 0.439. The molecule has 0 aliphatic carbocycles. The normalized spacial score (nSPS) is 20.1. The molecule has 2 aromatic rings. The first-order valence-corrected chi connectivity index (χ1v) is 6.05. The van der Waals surface area contributed by atoms with Crippen LogP contribution in [0.2, 0.25) is 5.02 Å². The van der Waals surface area contributed by atoms with Crippen LogP contribution in [0, 0.1) is 6.92 Å². The SMILES string of the molecule is Cc1cc(Cl)c2c(c1)cc1n2[C@H](C)CNC1. The molecule has 2 nitrogen and oxygen atoms in total. The van der Waals surface area contributed by atoms with Gasteiger partial charge in [-0.3, -0.25) is 0 Å². The Morgan fingerprint density at radius 3 is 3.00 bits per heavy atom. The summed E-state index contributed by atoms with van der Waals surface area (Å²) in [5, 5.41) is 5.55. The van der Waals surface area contributed by atoms with Crippen molar-refractivity contribution < 1.29 is 0 Å². The van der Waals surface area contributed by atoms with Gasteiger partial charge >= 0.3 is 0 Å². The number of aryl methyl sites for hydroxylation is 1. The fourth-order valence-corrected chi connectivity index (χ4v) is 3.03. The molecule has 3 rings (SSSR count). The predicted octanol–water partition coefficient (Wildman–Crippen LogP) is 3.27. The van der Waals surface area contributed by atoms with Gasteiger partial charge in [0.2, 0.25) is 0 Å². The minimum Gasteiger partial charge on any atom is -0.338 e. The Morgan fingerprint density at radius 1 is 1.38 bits per heavy atom. The van der Waals surface area contributed by atoms with Crippen molar-refractivity contribution in [3.63, 3.8) is 0 Å². The molecule has 1 aliphatic heterocycles. The summed E-state index contributed by atoms with van der Waals surface area (Å²) >= 11 is 6.36. The van der Waals surface area contributed by atoms with Gasteiger partial charge in [0.15, 0.2) is 0 Å². The van der Waals surface area contributed by atoms with Crippen LogP contribution in [0.5, 0.6) is 0 Å². The van der Waals surface area contributed by atoms with Crippen molar-refractivity contribution in [1.82, 2.24) is 9.88 Å². The summed E-state index contributed by atoms with van der Waals surface area (Å²) in [6.45, 7) is 6.27. The molecular formula is C13H15ClN2. The topological polar surface area (TPSA) is 17.0 Å². The fraction of sp³-hybridized carbons (Fsp3) is 0.385. The number of benzene rings is 1. The van der Waals surface area contributed by atoms with Crippen molar-refractivity contribution in [3.05, 3.63) is 34.5 Å². The van der Waals surface area contributed by atoms with Gasteiger partial charge in [0, 0.05) is 30.2 Å². The first-order chi connectivity index (χ1) is 7.66. The van der Waals surface area contributed by atoms with Gasteiger partial charge in [-0.05, 0) is 37.6 Å². The number of rotatable bonds is 0. The Hall–Kier alpha value is -0.990. The van der Waals surface area contributed by atoms with E-state index in [4.69, 9.17) is 11.6 Å². The van der Waals surface area contributed by atoms with Gasteiger partial charge < -0.3 is 9.88 Å². The van der Waals surface area contributed by atoms with E-state index in [2.05, 4.69) is 35.9 Å². The number of nitrogens with one attached hydrogen (secondary N) is 1. The molecule has 3 heteroatoms. The van der Waals surface area contributed by atoms with Crippen molar-refractivity contribution >= 4 is 22.5 Å². The van der Waals surface area contributed by atoms with E-state index < -0.39 is 0 Å². The molecular weight excluding hydrogens is 220 g/mol. The molecule has 0 spiro atoms. The summed E-state index contributed by atoms with van der Waals surface area (Å²) < 4.78 is 2.37. The van der Waals surface area contributed by atoms with Crippen LogP contribution in [-0.2, 0) is 6.54 Å². The fourth-order valence-electron chi connectivity index (χ4n) is 2.66. The molecule has 1 aromatic heterocycles. The van der Waals surface area contributed by atoms with E-state index >= 15 is 0 Å². The molecule has 0 bridgehead atoms. The van der Waals surface area contributed by atoms with Crippen molar-refractivity contribution in [2.45, 2.75) is 26.4 Å². The van der Waals surface area contributed by atoms with E-state index in [1.165, 1.54) is 22.2 Å². The Kier molecular flexibility index (Phi) is 2.23. The smallest absolute Gasteiger partial charge is 0.0675 e. The molecule has 0 fully saturated rings. The molecule has 16 heavy (non-hydrogen) atoms. The second-order valence-corrected chi connectivity index (χ2v) is 5.08. The van der Waals surface area contributed by atoms with Crippen LogP contribution in [0.3, 0.4) is 0 Å². The van der Waals surface area contributed by atoms with Crippen LogP contribution < -0.4 is 5.32 Å². The Labute approximate surface area is 100 Å². The van der Waals surface area contributed by atoms with E-state index in [1.807, 2.05) is 6.07 Å². The van der Waals surface area contributed by atoms with Crippen LogP contribution in [0.15, 0.2) is 18.2 Å². The Morgan fingerprint density at radius 2 is 2.19 bits per heavy atom. The molecule has 1 atom stereocenters. The zero-order valence-corrected chi connectivity index (χ0v) is 10.3. The molecule has 1 aliphatic rings.